The van der Waals surface area contributed by atoms with E-state index in [1.165, 1.54) is 6.42 Å². The Labute approximate surface area is 119 Å². The maximum Gasteiger partial charge on any atom is 0.263 e. The second kappa shape index (κ2) is 5.79. The van der Waals surface area contributed by atoms with Crippen molar-refractivity contribution < 1.29 is 9.53 Å². The predicted octanol–water partition coefficient (Wildman–Crippen LogP) is 1.20. The first kappa shape index (κ1) is 13.4. The molecule has 3 atom stereocenters. The largest absolute Gasteiger partial charge is 0.479 e. The monoisotopic (exact) mass is 275 g/mol. The number of nitrogens with one attached hydrogen (secondary N) is 1. The third-order valence-electron chi connectivity index (χ3n) is 4.06. The molecule has 2 fully saturated rings. The smallest absolute Gasteiger partial charge is 0.263 e. The standard InChI is InChI=1S/C15H21N3O2/c1-11(20-14-6-3-7-16-8-14)15(19)18-9-12-4-2-5-13(10-18)17-12/h3,6-8,11-13,17H,2,4-5,9-10H2,1H3. The topological polar surface area (TPSA) is 54.5 Å². The molecule has 0 aliphatic carbocycles. The molecule has 2 bridgehead atoms. The number of carbonyl (C=O) groups excluding carboxylic acids is 1. The Morgan fingerprint density at radius 1 is 1.45 bits per heavy atom. The lowest BCUT2D eigenvalue weighted by Crippen LogP contribution is -2.61. The van der Waals surface area contributed by atoms with Crippen LogP contribution in [0.15, 0.2) is 24.5 Å². The summed E-state index contributed by atoms with van der Waals surface area (Å²) in [5.41, 5.74) is 0. The van der Waals surface area contributed by atoms with Crippen molar-refractivity contribution in [2.45, 2.75) is 44.4 Å². The van der Waals surface area contributed by atoms with Gasteiger partial charge in [-0.3, -0.25) is 9.78 Å². The van der Waals surface area contributed by atoms with Crippen LogP contribution in [0.1, 0.15) is 26.2 Å². The molecule has 2 aliphatic heterocycles. The van der Waals surface area contributed by atoms with E-state index in [4.69, 9.17) is 4.74 Å². The summed E-state index contributed by atoms with van der Waals surface area (Å²) >= 11 is 0. The van der Waals surface area contributed by atoms with Crippen molar-refractivity contribution in [2.75, 3.05) is 13.1 Å². The number of likely N-dealkylation sites (tertiary alicyclic amines) is 1. The molecule has 0 saturated carbocycles. The molecule has 3 heterocycles. The lowest BCUT2D eigenvalue weighted by atomic mass is 9.94. The quantitative estimate of drug-likeness (QED) is 0.900. The average Bonchev–Trinajstić information content (AvgIpc) is 2.47. The summed E-state index contributed by atoms with van der Waals surface area (Å²) in [6.45, 7) is 3.42. The van der Waals surface area contributed by atoms with Crippen LogP contribution < -0.4 is 10.1 Å². The number of amides is 1. The van der Waals surface area contributed by atoms with Crippen molar-refractivity contribution >= 4 is 5.91 Å². The molecule has 1 amide bonds. The Kier molecular flexibility index (Phi) is 3.87. The van der Waals surface area contributed by atoms with Crippen LogP contribution in [0.5, 0.6) is 5.75 Å². The SMILES string of the molecule is CC(Oc1cccnc1)C(=O)N1CC2CCCC(C1)N2. The van der Waals surface area contributed by atoms with Crippen molar-refractivity contribution in [1.29, 1.82) is 0 Å². The molecule has 1 aromatic heterocycles. The van der Waals surface area contributed by atoms with Gasteiger partial charge >= 0.3 is 0 Å². The van der Waals surface area contributed by atoms with Gasteiger partial charge in [0.1, 0.15) is 5.75 Å². The first-order valence-electron chi connectivity index (χ1n) is 7.34. The number of carbonyl (C=O) groups is 1. The molecule has 20 heavy (non-hydrogen) atoms. The van der Waals surface area contributed by atoms with Crippen molar-refractivity contribution in [3.63, 3.8) is 0 Å². The van der Waals surface area contributed by atoms with Gasteiger partial charge in [-0.05, 0) is 31.9 Å². The van der Waals surface area contributed by atoms with Crippen molar-refractivity contribution in [3.05, 3.63) is 24.5 Å². The molecule has 5 nitrogen and oxygen atoms in total. The van der Waals surface area contributed by atoms with E-state index in [9.17, 15) is 4.79 Å². The molecule has 1 N–H and O–H groups in total. The highest BCUT2D eigenvalue weighted by atomic mass is 16.5. The molecule has 0 aromatic carbocycles. The van der Waals surface area contributed by atoms with Crippen molar-refractivity contribution in [2.24, 2.45) is 0 Å². The van der Waals surface area contributed by atoms with Gasteiger partial charge in [-0.15, -0.1) is 0 Å². The van der Waals surface area contributed by atoms with Gasteiger partial charge in [-0.2, -0.15) is 0 Å². The number of pyridine rings is 1. The second-order valence-corrected chi connectivity index (χ2v) is 5.68. The second-order valence-electron chi connectivity index (χ2n) is 5.68. The summed E-state index contributed by atoms with van der Waals surface area (Å²) < 4.78 is 5.68. The van der Waals surface area contributed by atoms with E-state index in [1.54, 1.807) is 12.4 Å². The minimum Gasteiger partial charge on any atom is -0.479 e. The fourth-order valence-electron chi connectivity index (χ4n) is 3.11. The third-order valence-corrected chi connectivity index (χ3v) is 4.06. The highest BCUT2D eigenvalue weighted by molar-refractivity contribution is 5.81. The number of ether oxygens (including phenoxy) is 1. The zero-order valence-electron chi connectivity index (χ0n) is 11.8. The van der Waals surface area contributed by atoms with Gasteiger partial charge in [0.2, 0.25) is 0 Å². The Bertz CT molecular complexity index is 453. The van der Waals surface area contributed by atoms with Crippen LogP contribution in [0, 0.1) is 0 Å². The van der Waals surface area contributed by atoms with E-state index in [0.29, 0.717) is 17.8 Å². The number of piperidine rings is 1. The Morgan fingerprint density at radius 2 is 2.20 bits per heavy atom. The summed E-state index contributed by atoms with van der Waals surface area (Å²) in [6.07, 6.45) is 6.47. The molecule has 2 aliphatic rings. The average molecular weight is 275 g/mol. The van der Waals surface area contributed by atoms with Gasteiger partial charge in [0.15, 0.2) is 6.10 Å². The highest BCUT2D eigenvalue weighted by Crippen LogP contribution is 2.20. The van der Waals surface area contributed by atoms with E-state index in [2.05, 4.69) is 10.3 Å². The van der Waals surface area contributed by atoms with E-state index in [1.807, 2.05) is 24.0 Å². The normalized spacial score (nSPS) is 26.9. The highest BCUT2D eigenvalue weighted by Gasteiger charge is 2.34. The molecular formula is C15H21N3O2. The van der Waals surface area contributed by atoms with E-state index in [-0.39, 0.29) is 5.91 Å². The summed E-state index contributed by atoms with van der Waals surface area (Å²) in [7, 11) is 0. The molecular weight excluding hydrogens is 254 g/mol. The lowest BCUT2D eigenvalue weighted by molar-refractivity contribution is -0.140. The molecule has 108 valence electrons. The van der Waals surface area contributed by atoms with E-state index < -0.39 is 6.10 Å². The number of hydrogen-bond acceptors (Lipinski definition) is 4. The van der Waals surface area contributed by atoms with Crippen LogP contribution in [-0.2, 0) is 4.79 Å². The minimum atomic E-state index is -0.460. The van der Waals surface area contributed by atoms with Gasteiger partial charge < -0.3 is 15.0 Å². The van der Waals surface area contributed by atoms with Crippen LogP contribution in [0.25, 0.3) is 0 Å². The van der Waals surface area contributed by atoms with Crippen molar-refractivity contribution in [1.82, 2.24) is 15.2 Å². The van der Waals surface area contributed by atoms with Crippen LogP contribution in [0.3, 0.4) is 0 Å². The number of fused-ring (bicyclic) bond motifs is 2. The van der Waals surface area contributed by atoms with Gasteiger partial charge in [0, 0.05) is 31.4 Å². The Balaban J connectivity index is 1.60. The predicted molar refractivity (Wildman–Crippen MR) is 75.5 cm³/mol. The van der Waals surface area contributed by atoms with Crippen LogP contribution >= 0.6 is 0 Å². The maximum atomic E-state index is 12.5. The number of aromatic nitrogens is 1. The van der Waals surface area contributed by atoms with Crippen LogP contribution in [0.2, 0.25) is 0 Å². The van der Waals surface area contributed by atoms with E-state index in [0.717, 1.165) is 25.9 Å². The summed E-state index contributed by atoms with van der Waals surface area (Å²) in [4.78, 5) is 18.4. The Morgan fingerprint density at radius 3 is 2.85 bits per heavy atom. The first-order valence-corrected chi connectivity index (χ1v) is 7.34. The molecule has 3 unspecified atom stereocenters. The van der Waals surface area contributed by atoms with Crippen molar-refractivity contribution in [3.8, 4) is 5.75 Å². The molecule has 3 rings (SSSR count). The molecule has 1 aromatic rings. The molecule has 0 spiro atoms. The minimum absolute atomic E-state index is 0.0762. The Hall–Kier alpha value is -1.62. The van der Waals surface area contributed by atoms with Gasteiger partial charge in [0.05, 0.1) is 6.20 Å². The maximum absolute atomic E-state index is 12.5. The van der Waals surface area contributed by atoms with Crippen LogP contribution in [-0.4, -0.2) is 47.1 Å². The first-order chi connectivity index (χ1) is 9.72. The van der Waals surface area contributed by atoms with Gasteiger partial charge in [-0.25, -0.2) is 0 Å². The van der Waals surface area contributed by atoms with Gasteiger partial charge in [0.25, 0.3) is 5.91 Å². The molecule has 5 heteroatoms. The number of rotatable bonds is 3. The van der Waals surface area contributed by atoms with Crippen LogP contribution in [0.4, 0.5) is 0 Å². The lowest BCUT2D eigenvalue weighted by Gasteiger charge is -2.43. The fraction of sp³-hybridized carbons (Fsp3) is 0.600. The summed E-state index contributed by atoms with van der Waals surface area (Å²) in [5.74, 6) is 0.718. The van der Waals surface area contributed by atoms with Gasteiger partial charge in [-0.1, -0.05) is 6.42 Å². The molecule has 2 saturated heterocycles. The summed E-state index contributed by atoms with van der Waals surface area (Å²) in [6, 6.07) is 4.54. The summed E-state index contributed by atoms with van der Waals surface area (Å²) in [5, 5.41) is 3.58. The zero-order chi connectivity index (χ0) is 13.9. The number of piperazine rings is 1. The zero-order valence-corrected chi connectivity index (χ0v) is 11.8. The van der Waals surface area contributed by atoms with E-state index >= 15 is 0 Å². The number of nitrogens with zero attached hydrogens (tertiary/aromatic N) is 2. The third kappa shape index (κ3) is 2.93. The fourth-order valence-corrected chi connectivity index (χ4v) is 3.11. The number of hydrogen-bond donors (Lipinski definition) is 1. The molecule has 0 radical (unpaired) electrons.